The normalized spacial score (nSPS) is 12.0. The monoisotopic (exact) mass is 523 g/mol. The Labute approximate surface area is 215 Å². The summed E-state index contributed by atoms with van der Waals surface area (Å²) in [5.74, 6) is -0.442. The van der Waals surface area contributed by atoms with Gasteiger partial charge in [0.15, 0.2) is 5.78 Å². The van der Waals surface area contributed by atoms with Crippen molar-refractivity contribution in [3.05, 3.63) is 93.5 Å². The number of hydrogen-bond donors (Lipinski definition) is 2. The Balaban J connectivity index is 1.49. The summed E-state index contributed by atoms with van der Waals surface area (Å²) in [5.41, 5.74) is 7.86. The van der Waals surface area contributed by atoms with Crippen LogP contribution in [0, 0.1) is 6.92 Å². The maximum atomic E-state index is 13.5. The van der Waals surface area contributed by atoms with E-state index in [-0.39, 0.29) is 32.3 Å². The molecule has 0 unspecified atom stereocenters. The number of rotatable bonds is 6. The number of fused-ring (bicyclic) bond motifs is 1. The lowest BCUT2D eigenvalue weighted by Gasteiger charge is -2.09. The molecule has 2 heterocycles. The van der Waals surface area contributed by atoms with Crippen LogP contribution in [-0.2, 0) is 6.18 Å². The predicted octanol–water partition coefficient (Wildman–Crippen LogP) is 7.48. The number of amides is 1. The molecule has 0 atom stereocenters. The number of anilines is 2. The van der Waals surface area contributed by atoms with Crippen LogP contribution in [0.5, 0.6) is 0 Å². The van der Waals surface area contributed by atoms with Crippen LogP contribution in [0.15, 0.2) is 60.7 Å². The number of aryl methyl sites for hydroxylation is 1. The highest BCUT2D eigenvalue weighted by Gasteiger charge is 2.35. The van der Waals surface area contributed by atoms with E-state index in [9.17, 15) is 22.8 Å². The van der Waals surface area contributed by atoms with Gasteiger partial charge in [-0.2, -0.15) is 13.2 Å². The van der Waals surface area contributed by atoms with Crippen molar-refractivity contribution in [1.29, 1.82) is 0 Å². The average Bonchev–Trinajstić information content (AvgIpc) is 3.18. The van der Waals surface area contributed by atoms with Gasteiger partial charge in [0.1, 0.15) is 9.71 Å². The second-order valence-corrected chi connectivity index (χ2v) is 9.88. The molecule has 37 heavy (non-hydrogen) atoms. The molecule has 9 heteroatoms. The van der Waals surface area contributed by atoms with Gasteiger partial charge in [-0.3, -0.25) is 9.59 Å². The molecule has 0 saturated heterocycles. The fourth-order valence-electron chi connectivity index (χ4n) is 3.80. The molecule has 190 valence electrons. The van der Waals surface area contributed by atoms with E-state index in [1.165, 1.54) is 18.6 Å². The molecule has 2 aromatic carbocycles. The number of nitrogen functional groups attached to an aromatic ring is 1. The number of ketones is 1. The minimum Gasteiger partial charge on any atom is -0.397 e. The van der Waals surface area contributed by atoms with Crippen LogP contribution in [0.1, 0.15) is 62.2 Å². The Morgan fingerprint density at radius 3 is 2.30 bits per heavy atom. The first-order valence-corrected chi connectivity index (χ1v) is 12.3. The number of halogens is 3. The molecule has 0 fully saturated rings. The van der Waals surface area contributed by atoms with Crippen molar-refractivity contribution in [2.24, 2.45) is 0 Å². The van der Waals surface area contributed by atoms with Gasteiger partial charge in [0.2, 0.25) is 0 Å². The predicted molar refractivity (Wildman–Crippen MR) is 142 cm³/mol. The summed E-state index contributed by atoms with van der Waals surface area (Å²) in [6.45, 7) is 5.67. The first kappa shape index (κ1) is 26.1. The number of nitrogens with two attached hydrogens (primary N) is 1. The molecule has 0 saturated carbocycles. The summed E-state index contributed by atoms with van der Waals surface area (Å²) >= 11 is 0.799. The van der Waals surface area contributed by atoms with Crippen LogP contribution in [0.4, 0.5) is 24.5 Å². The smallest absolute Gasteiger partial charge is 0.397 e. The minimum atomic E-state index is -4.64. The van der Waals surface area contributed by atoms with Crippen molar-refractivity contribution in [3.63, 3.8) is 0 Å². The Bertz CT molecular complexity index is 1500. The second kappa shape index (κ2) is 10.2. The third kappa shape index (κ3) is 5.72. The van der Waals surface area contributed by atoms with Gasteiger partial charge < -0.3 is 11.1 Å². The number of benzene rings is 2. The first-order chi connectivity index (χ1) is 17.4. The van der Waals surface area contributed by atoms with Crippen LogP contribution in [0.3, 0.4) is 0 Å². The van der Waals surface area contributed by atoms with Crippen LogP contribution in [-0.4, -0.2) is 16.7 Å². The number of pyridine rings is 1. The molecule has 2 aromatic heterocycles. The number of alkyl halides is 3. The molecule has 0 aliphatic rings. The molecule has 1 amide bonds. The summed E-state index contributed by atoms with van der Waals surface area (Å²) in [7, 11) is 0. The zero-order valence-corrected chi connectivity index (χ0v) is 21.1. The number of nitrogens with zero attached hydrogens (tertiary/aromatic N) is 1. The number of hydrogen-bond acceptors (Lipinski definition) is 5. The Morgan fingerprint density at radius 2 is 1.70 bits per heavy atom. The molecular weight excluding hydrogens is 499 g/mol. The summed E-state index contributed by atoms with van der Waals surface area (Å²) < 4.78 is 40.6. The van der Waals surface area contributed by atoms with Crippen molar-refractivity contribution in [3.8, 4) is 0 Å². The largest absolute Gasteiger partial charge is 0.417 e. The SMILES string of the molecule is Cc1cc(C(F)(F)F)c2c(N)c(C(=O)Nc3ccc(C(=O)/C=C/c4ccc(C(C)C)cc4)cc3)sc2n1. The number of carbonyl (C=O) groups is 2. The van der Waals surface area contributed by atoms with E-state index in [1.54, 1.807) is 30.3 Å². The molecule has 4 aromatic rings. The number of thiophene rings is 1. The molecule has 0 radical (unpaired) electrons. The lowest BCUT2D eigenvalue weighted by atomic mass is 10.0. The average molecular weight is 524 g/mol. The van der Waals surface area contributed by atoms with E-state index in [0.717, 1.165) is 23.0 Å². The zero-order chi connectivity index (χ0) is 26.9. The van der Waals surface area contributed by atoms with E-state index in [0.29, 0.717) is 17.2 Å². The van der Waals surface area contributed by atoms with Gasteiger partial charge in [0.05, 0.1) is 11.3 Å². The lowest BCUT2D eigenvalue weighted by molar-refractivity contribution is -0.136. The van der Waals surface area contributed by atoms with Gasteiger partial charge in [0.25, 0.3) is 5.91 Å². The summed E-state index contributed by atoms with van der Waals surface area (Å²) in [5, 5.41) is 2.35. The highest BCUT2D eigenvalue weighted by atomic mass is 32.1. The van der Waals surface area contributed by atoms with Crippen LogP contribution in [0.25, 0.3) is 16.3 Å². The lowest BCUT2D eigenvalue weighted by Crippen LogP contribution is -2.12. The maximum absolute atomic E-state index is 13.5. The Kier molecular flexibility index (Phi) is 7.18. The van der Waals surface area contributed by atoms with Crippen LogP contribution >= 0.6 is 11.3 Å². The topological polar surface area (TPSA) is 85.1 Å². The molecule has 0 aliphatic carbocycles. The van der Waals surface area contributed by atoms with Crippen molar-refractivity contribution < 1.29 is 22.8 Å². The van der Waals surface area contributed by atoms with Gasteiger partial charge in [-0.15, -0.1) is 11.3 Å². The second-order valence-electron chi connectivity index (χ2n) is 8.88. The summed E-state index contributed by atoms with van der Waals surface area (Å²) in [4.78, 5) is 29.5. The van der Waals surface area contributed by atoms with Gasteiger partial charge in [-0.25, -0.2) is 4.98 Å². The first-order valence-electron chi connectivity index (χ1n) is 11.4. The highest BCUT2D eigenvalue weighted by molar-refractivity contribution is 7.21. The van der Waals surface area contributed by atoms with Gasteiger partial charge in [-0.1, -0.05) is 44.2 Å². The number of nitrogens with one attached hydrogen (secondary N) is 1. The minimum absolute atomic E-state index is 0.0431. The van der Waals surface area contributed by atoms with E-state index in [1.807, 2.05) is 24.3 Å². The van der Waals surface area contributed by atoms with Gasteiger partial charge >= 0.3 is 6.18 Å². The fourth-order valence-corrected chi connectivity index (χ4v) is 4.86. The van der Waals surface area contributed by atoms with E-state index in [4.69, 9.17) is 5.73 Å². The molecule has 0 spiro atoms. The third-order valence-corrected chi connectivity index (χ3v) is 6.89. The van der Waals surface area contributed by atoms with Gasteiger partial charge in [-0.05, 0) is 60.4 Å². The molecule has 3 N–H and O–H groups in total. The van der Waals surface area contributed by atoms with E-state index < -0.39 is 17.6 Å². The Morgan fingerprint density at radius 1 is 1.05 bits per heavy atom. The molecular formula is C28H24F3N3O2S. The van der Waals surface area contributed by atoms with Crippen LogP contribution < -0.4 is 11.1 Å². The number of carbonyl (C=O) groups excluding carboxylic acids is 2. The number of allylic oxidation sites excluding steroid dienone is 1. The van der Waals surface area contributed by atoms with Crippen molar-refractivity contribution in [1.82, 2.24) is 4.98 Å². The molecule has 0 aliphatic heterocycles. The zero-order valence-electron chi connectivity index (χ0n) is 20.3. The summed E-state index contributed by atoms with van der Waals surface area (Å²) in [6, 6.07) is 15.1. The standard InChI is InChI=1S/C28H24F3N3O2S/c1-15(2)18-7-4-17(5-8-18)6-13-22(35)19-9-11-20(12-10-19)34-26(36)25-24(32)23-21(28(29,30)31)14-16(3)33-27(23)37-25/h4-15H,32H2,1-3H3,(H,34,36)/b13-6+. The third-order valence-electron chi connectivity index (χ3n) is 5.80. The summed E-state index contributed by atoms with van der Waals surface area (Å²) in [6.07, 6.45) is -1.43. The molecule has 5 nitrogen and oxygen atoms in total. The Hall–Kier alpha value is -3.98. The molecule has 0 bridgehead atoms. The van der Waals surface area contributed by atoms with Gasteiger partial charge in [0, 0.05) is 22.3 Å². The highest BCUT2D eigenvalue weighted by Crippen LogP contribution is 2.42. The fraction of sp³-hybridized carbons (Fsp3) is 0.179. The van der Waals surface area contributed by atoms with Crippen molar-refractivity contribution in [2.45, 2.75) is 32.9 Å². The maximum Gasteiger partial charge on any atom is 0.417 e. The number of aromatic nitrogens is 1. The van der Waals surface area contributed by atoms with Crippen LogP contribution in [0.2, 0.25) is 0 Å². The quantitative estimate of drug-likeness (QED) is 0.203. The molecule has 4 rings (SSSR count). The van der Waals surface area contributed by atoms with E-state index in [2.05, 4.69) is 24.1 Å². The van der Waals surface area contributed by atoms with Crippen molar-refractivity contribution in [2.75, 3.05) is 11.1 Å². The van der Waals surface area contributed by atoms with E-state index >= 15 is 0 Å². The van der Waals surface area contributed by atoms with Crippen molar-refractivity contribution >= 4 is 50.7 Å².